The van der Waals surface area contributed by atoms with Crippen molar-refractivity contribution in [3.8, 4) is 11.5 Å². The molecule has 1 aromatic heterocycles. The monoisotopic (exact) mass is 463 g/mol. The van der Waals surface area contributed by atoms with Gasteiger partial charge in [0.15, 0.2) is 0 Å². The normalized spacial score (nSPS) is 16.0. The summed E-state index contributed by atoms with van der Waals surface area (Å²) in [7, 11) is 3.28. The molecular formula is C19H18IN3O3. The molecule has 0 saturated heterocycles. The van der Waals surface area contributed by atoms with Gasteiger partial charge in [-0.1, -0.05) is 20.7 Å². The molecule has 6 nitrogen and oxygen atoms in total. The van der Waals surface area contributed by atoms with E-state index in [-0.39, 0.29) is 26.6 Å². The van der Waals surface area contributed by atoms with Crippen molar-refractivity contribution >= 4 is 36.0 Å². The summed E-state index contributed by atoms with van der Waals surface area (Å²) in [4.78, 5) is 20.2. The number of hydrogen-bond donors (Lipinski definition) is 2. The number of allylic oxidation sites excluding steroid dienone is 1. The van der Waals surface area contributed by atoms with Crippen LogP contribution in [0.3, 0.4) is 0 Å². The lowest BCUT2D eigenvalue weighted by atomic mass is 10.1. The maximum absolute atomic E-state index is 12.0. The molecule has 4 rings (SSSR count). The lowest BCUT2D eigenvalue weighted by Gasteiger charge is -2.11. The van der Waals surface area contributed by atoms with Crippen molar-refractivity contribution in [1.82, 2.24) is 10.3 Å². The maximum atomic E-state index is 12.0. The van der Waals surface area contributed by atoms with E-state index in [1.807, 2.05) is 30.3 Å². The number of nitrogens with zero attached hydrogens (tertiary/aromatic N) is 1. The molecule has 0 aliphatic carbocycles. The minimum atomic E-state index is -0.346. The van der Waals surface area contributed by atoms with Crippen LogP contribution in [0.15, 0.2) is 39.4 Å². The molecule has 0 atom stereocenters. The highest BCUT2D eigenvalue weighted by Gasteiger charge is 2.21. The first-order valence-corrected chi connectivity index (χ1v) is 10.5. The Hall–Kier alpha value is -2.42. The third-order valence-corrected chi connectivity index (χ3v) is 6.45. The Morgan fingerprint density at radius 2 is 1.88 bits per heavy atom. The van der Waals surface area contributed by atoms with Gasteiger partial charge in [-0.25, -0.2) is 4.99 Å². The van der Waals surface area contributed by atoms with Gasteiger partial charge >= 0.3 is 0 Å². The second-order valence-electron chi connectivity index (χ2n) is 5.87. The SMILES string of the molecule is COc1cc(OC)cc(C2=IC=CC(c3cc4c([nH]3)CCNC4=O)=N2)c1. The molecule has 134 valence electrons. The molecule has 0 unspecified atom stereocenters. The third kappa shape index (κ3) is 3.18. The Morgan fingerprint density at radius 1 is 1.12 bits per heavy atom. The molecule has 1 aromatic carbocycles. The fourth-order valence-electron chi connectivity index (χ4n) is 2.95. The number of H-pyrrole nitrogens is 1. The number of halogens is 1. The summed E-state index contributed by atoms with van der Waals surface area (Å²) < 4.78 is 14.0. The average Bonchev–Trinajstić information content (AvgIpc) is 3.13. The third-order valence-electron chi connectivity index (χ3n) is 4.28. The molecule has 0 bridgehead atoms. The predicted octanol–water partition coefficient (Wildman–Crippen LogP) is 2.78. The maximum Gasteiger partial charge on any atom is 0.253 e. The van der Waals surface area contributed by atoms with Crippen molar-refractivity contribution in [2.45, 2.75) is 6.42 Å². The van der Waals surface area contributed by atoms with Gasteiger partial charge in [-0.05, 0) is 28.4 Å². The Labute approximate surface area is 161 Å². The van der Waals surface area contributed by atoms with E-state index in [2.05, 4.69) is 14.4 Å². The van der Waals surface area contributed by atoms with Crippen molar-refractivity contribution in [1.29, 1.82) is 0 Å². The highest BCUT2D eigenvalue weighted by Crippen LogP contribution is 2.27. The van der Waals surface area contributed by atoms with Gasteiger partial charge in [-0.3, -0.25) is 4.79 Å². The zero-order chi connectivity index (χ0) is 18.1. The van der Waals surface area contributed by atoms with E-state index in [0.717, 1.165) is 44.2 Å². The summed E-state index contributed by atoms with van der Waals surface area (Å²) in [5, 5.41) is 2.87. The molecule has 2 aliphatic heterocycles. The number of nitrogens with one attached hydrogen (secondary N) is 2. The number of rotatable bonds is 4. The smallest absolute Gasteiger partial charge is 0.253 e. The van der Waals surface area contributed by atoms with E-state index in [4.69, 9.17) is 14.5 Å². The van der Waals surface area contributed by atoms with Gasteiger partial charge in [0, 0.05) is 30.3 Å². The summed E-state index contributed by atoms with van der Waals surface area (Å²) in [6.45, 7) is 0.667. The second-order valence-corrected chi connectivity index (χ2v) is 8.24. The first-order valence-electron chi connectivity index (χ1n) is 8.17. The predicted molar refractivity (Wildman–Crippen MR) is 110 cm³/mol. The summed E-state index contributed by atoms with van der Waals surface area (Å²) in [5.74, 6) is 1.46. The van der Waals surface area contributed by atoms with E-state index >= 15 is 0 Å². The Kier molecular flexibility index (Phi) is 4.62. The number of amides is 1. The van der Waals surface area contributed by atoms with Crippen molar-refractivity contribution in [2.75, 3.05) is 20.8 Å². The molecule has 0 fully saturated rings. The number of aliphatic imine (C=N–C) groups is 1. The number of methoxy groups -OCH3 is 2. The lowest BCUT2D eigenvalue weighted by Crippen LogP contribution is -2.31. The van der Waals surface area contributed by atoms with Crippen molar-refractivity contribution in [3.63, 3.8) is 0 Å². The molecule has 2 N–H and O–H groups in total. The van der Waals surface area contributed by atoms with Gasteiger partial charge in [0.1, 0.15) is 15.1 Å². The molecule has 2 aromatic rings. The Bertz CT molecular complexity index is 950. The number of benzene rings is 1. The van der Waals surface area contributed by atoms with Gasteiger partial charge in [0.05, 0.1) is 31.2 Å². The van der Waals surface area contributed by atoms with Crippen LogP contribution in [-0.4, -0.2) is 41.0 Å². The summed E-state index contributed by atoms with van der Waals surface area (Å²) >= 11 is -0.346. The molecule has 3 heterocycles. The van der Waals surface area contributed by atoms with Crippen LogP contribution in [0, 0.1) is 0 Å². The van der Waals surface area contributed by atoms with Crippen molar-refractivity contribution < 1.29 is 14.3 Å². The number of carbonyl (C=O) groups is 1. The van der Waals surface area contributed by atoms with E-state index in [0.29, 0.717) is 12.1 Å². The van der Waals surface area contributed by atoms with E-state index in [9.17, 15) is 4.79 Å². The highest BCUT2D eigenvalue weighted by atomic mass is 127. The standard InChI is InChI=1S/C19H18IN3O3/c1-25-12-7-11(8-13(9-12)26-2)18-20-5-3-16(23-18)17-10-14-15(22-17)4-6-21-19(14)24/h3,5,7-10,22H,4,6H2,1-2H3,(H,21,24). The fraction of sp³-hybridized carbons (Fsp3) is 0.211. The zero-order valence-electron chi connectivity index (χ0n) is 14.4. The highest BCUT2D eigenvalue weighted by molar-refractivity contribution is 14.2. The number of hydrogen-bond acceptors (Lipinski definition) is 4. The van der Waals surface area contributed by atoms with Gasteiger partial charge in [-0.2, -0.15) is 0 Å². The number of carbonyl (C=O) groups excluding carboxylic acids is 1. The molecule has 1 amide bonds. The first-order chi connectivity index (χ1) is 12.7. The molecule has 7 heteroatoms. The van der Waals surface area contributed by atoms with Crippen LogP contribution < -0.4 is 14.8 Å². The quantitative estimate of drug-likeness (QED) is 0.685. The van der Waals surface area contributed by atoms with Crippen LogP contribution in [0.4, 0.5) is 0 Å². The largest absolute Gasteiger partial charge is 0.497 e. The molecule has 26 heavy (non-hydrogen) atoms. The topological polar surface area (TPSA) is 75.7 Å². The van der Waals surface area contributed by atoms with E-state index in [1.165, 1.54) is 0 Å². The van der Waals surface area contributed by atoms with Crippen LogP contribution in [-0.2, 0) is 6.42 Å². The average molecular weight is 463 g/mol. The number of ether oxygens (including phenoxy) is 2. The second kappa shape index (κ2) is 7.06. The first kappa shape index (κ1) is 17.0. The van der Waals surface area contributed by atoms with Crippen molar-refractivity contribution in [2.24, 2.45) is 4.99 Å². The van der Waals surface area contributed by atoms with Crippen LogP contribution >= 0.6 is 20.7 Å². The molecule has 0 saturated carbocycles. The van der Waals surface area contributed by atoms with Crippen LogP contribution in [0.1, 0.15) is 27.3 Å². The zero-order valence-corrected chi connectivity index (χ0v) is 16.6. The van der Waals surface area contributed by atoms with Gasteiger partial charge < -0.3 is 19.8 Å². The number of aromatic nitrogens is 1. The minimum Gasteiger partial charge on any atom is -0.497 e. The minimum absolute atomic E-state index is 0.0247. The summed E-state index contributed by atoms with van der Waals surface area (Å²) in [5.41, 5.74) is 4.41. The van der Waals surface area contributed by atoms with Gasteiger partial charge in [0.2, 0.25) is 0 Å². The lowest BCUT2D eigenvalue weighted by molar-refractivity contribution is 0.0946. The fourth-order valence-corrected chi connectivity index (χ4v) is 4.88. The molecule has 2 aliphatic rings. The summed E-state index contributed by atoms with van der Waals surface area (Å²) in [6.07, 6.45) is 2.85. The molecular weight excluding hydrogens is 445 g/mol. The van der Waals surface area contributed by atoms with Crippen molar-refractivity contribution in [3.05, 3.63) is 56.9 Å². The van der Waals surface area contributed by atoms with Crippen LogP contribution in [0.25, 0.3) is 0 Å². The molecule has 0 spiro atoms. The number of fused-ring (bicyclic) bond motifs is 1. The number of aromatic amines is 1. The summed E-state index contributed by atoms with van der Waals surface area (Å²) in [6, 6.07) is 7.69. The van der Waals surface area contributed by atoms with Gasteiger partial charge in [-0.15, -0.1) is 0 Å². The van der Waals surface area contributed by atoms with E-state index < -0.39 is 0 Å². The van der Waals surface area contributed by atoms with Gasteiger partial charge in [0.25, 0.3) is 5.91 Å². The van der Waals surface area contributed by atoms with E-state index in [1.54, 1.807) is 14.2 Å². The molecule has 0 radical (unpaired) electrons. The Balaban J connectivity index is 1.71. The Morgan fingerprint density at radius 3 is 2.58 bits per heavy atom. The van der Waals surface area contributed by atoms with Crippen LogP contribution in [0.5, 0.6) is 11.5 Å². The van der Waals surface area contributed by atoms with Crippen LogP contribution in [0.2, 0.25) is 0 Å².